The Morgan fingerprint density at radius 2 is 1.88 bits per heavy atom. The van der Waals surface area contributed by atoms with Gasteiger partial charge in [0.15, 0.2) is 0 Å². The minimum atomic E-state index is -0.237. The van der Waals surface area contributed by atoms with Crippen LogP contribution in [0.3, 0.4) is 0 Å². The van der Waals surface area contributed by atoms with Crippen molar-refractivity contribution in [1.29, 1.82) is 0 Å². The Hall–Kier alpha value is -2.57. The first kappa shape index (κ1) is 16.9. The van der Waals surface area contributed by atoms with Crippen LogP contribution in [-0.4, -0.2) is 44.8 Å². The van der Waals surface area contributed by atoms with E-state index in [1.54, 1.807) is 4.57 Å². The highest BCUT2D eigenvalue weighted by Crippen LogP contribution is 2.27. The predicted octanol–water partition coefficient (Wildman–Crippen LogP) is 2.39. The summed E-state index contributed by atoms with van der Waals surface area (Å²) in [6.45, 7) is 1.35. The van der Waals surface area contributed by atoms with Crippen LogP contribution in [0.15, 0.2) is 35.1 Å². The number of H-pyrrole nitrogens is 1. The van der Waals surface area contributed by atoms with Crippen LogP contribution >= 0.6 is 0 Å². The SMILES string of the molecule is O=C(NC1CCCC1)N1CCCC(c2n[nH]c(=O)n2-c2ccccc2)C1. The van der Waals surface area contributed by atoms with E-state index in [2.05, 4.69) is 15.5 Å². The van der Waals surface area contributed by atoms with Gasteiger partial charge in [0.1, 0.15) is 5.82 Å². The highest BCUT2D eigenvalue weighted by Gasteiger charge is 2.30. The largest absolute Gasteiger partial charge is 0.347 e. The molecule has 1 aromatic carbocycles. The standard InChI is InChI=1S/C19H25N5O2/c25-18(20-15-8-4-5-9-15)23-12-6-7-14(13-23)17-21-22-19(26)24(17)16-10-2-1-3-11-16/h1-3,10-11,14-15H,4-9,12-13H2,(H,20,25)(H,22,26). The molecule has 138 valence electrons. The number of nitrogens with zero attached hydrogens (tertiary/aromatic N) is 3. The molecule has 4 rings (SSSR count). The molecule has 2 fully saturated rings. The van der Waals surface area contributed by atoms with Crippen LogP contribution in [0.1, 0.15) is 50.3 Å². The van der Waals surface area contributed by atoms with E-state index in [9.17, 15) is 9.59 Å². The van der Waals surface area contributed by atoms with Crippen molar-refractivity contribution in [2.45, 2.75) is 50.5 Å². The van der Waals surface area contributed by atoms with Gasteiger partial charge < -0.3 is 10.2 Å². The van der Waals surface area contributed by atoms with Gasteiger partial charge in [0.05, 0.1) is 5.69 Å². The second-order valence-electron chi connectivity index (χ2n) is 7.27. The highest BCUT2D eigenvalue weighted by molar-refractivity contribution is 5.74. The van der Waals surface area contributed by atoms with Gasteiger partial charge in [-0.1, -0.05) is 31.0 Å². The second kappa shape index (κ2) is 7.35. The zero-order chi connectivity index (χ0) is 17.9. The summed E-state index contributed by atoms with van der Waals surface area (Å²) in [4.78, 5) is 26.8. The number of benzene rings is 1. The molecule has 1 saturated heterocycles. The van der Waals surface area contributed by atoms with E-state index in [1.807, 2.05) is 35.2 Å². The molecule has 1 atom stereocenters. The number of hydrogen-bond acceptors (Lipinski definition) is 3. The summed E-state index contributed by atoms with van der Waals surface area (Å²) in [5.74, 6) is 0.761. The molecule has 0 radical (unpaired) electrons. The smallest absolute Gasteiger partial charge is 0.335 e. The molecule has 26 heavy (non-hydrogen) atoms. The average molecular weight is 355 g/mol. The van der Waals surface area contributed by atoms with E-state index in [1.165, 1.54) is 12.8 Å². The lowest BCUT2D eigenvalue weighted by Crippen LogP contribution is -2.48. The fourth-order valence-corrected chi connectivity index (χ4v) is 4.12. The third-order valence-electron chi connectivity index (χ3n) is 5.47. The van der Waals surface area contributed by atoms with E-state index in [0.717, 1.165) is 37.9 Å². The fraction of sp³-hybridized carbons (Fsp3) is 0.526. The van der Waals surface area contributed by atoms with Gasteiger partial charge in [-0.2, -0.15) is 5.10 Å². The molecule has 7 heteroatoms. The normalized spacial score (nSPS) is 21.1. The number of hydrogen-bond donors (Lipinski definition) is 2. The first-order valence-electron chi connectivity index (χ1n) is 9.50. The summed E-state index contributed by atoms with van der Waals surface area (Å²) < 4.78 is 1.63. The van der Waals surface area contributed by atoms with Gasteiger partial charge >= 0.3 is 11.7 Å². The number of aromatic amines is 1. The molecule has 0 spiro atoms. The van der Waals surface area contributed by atoms with Gasteiger partial charge in [0, 0.05) is 25.0 Å². The number of nitrogens with one attached hydrogen (secondary N) is 2. The number of carbonyl (C=O) groups is 1. The zero-order valence-corrected chi connectivity index (χ0v) is 14.9. The van der Waals surface area contributed by atoms with Crippen molar-refractivity contribution in [3.63, 3.8) is 0 Å². The Bertz CT molecular complexity index is 807. The molecule has 2 aromatic rings. The number of rotatable bonds is 3. The molecule has 2 N–H and O–H groups in total. The Kier molecular flexibility index (Phi) is 4.77. The summed E-state index contributed by atoms with van der Waals surface area (Å²) in [6, 6.07) is 9.86. The quantitative estimate of drug-likeness (QED) is 0.887. The average Bonchev–Trinajstić information content (AvgIpc) is 3.32. The molecular formula is C19H25N5O2. The minimum Gasteiger partial charge on any atom is -0.335 e. The molecule has 1 aliphatic heterocycles. The molecule has 2 heterocycles. The van der Waals surface area contributed by atoms with Gasteiger partial charge in [0.2, 0.25) is 0 Å². The van der Waals surface area contributed by atoms with E-state index in [-0.39, 0.29) is 17.6 Å². The van der Waals surface area contributed by atoms with Crippen LogP contribution in [0.2, 0.25) is 0 Å². The molecular weight excluding hydrogens is 330 g/mol. The molecule has 1 saturated carbocycles. The topological polar surface area (TPSA) is 83.0 Å². The molecule has 2 amide bonds. The highest BCUT2D eigenvalue weighted by atomic mass is 16.2. The molecule has 0 bridgehead atoms. The summed E-state index contributed by atoms with van der Waals surface area (Å²) in [6.07, 6.45) is 6.39. The zero-order valence-electron chi connectivity index (χ0n) is 14.9. The number of carbonyl (C=O) groups excluding carboxylic acids is 1. The lowest BCUT2D eigenvalue weighted by atomic mass is 9.97. The van der Waals surface area contributed by atoms with Crippen molar-refractivity contribution in [2.24, 2.45) is 0 Å². The molecule has 7 nitrogen and oxygen atoms in total. The number of likely N-dealkylation sites (tertiary alicyclic amines) is 1. The van der Waals surface area contributed by atoms with Crippen molar-refractivity contribution in [3.8, 4) is 5.69 Å². The number of para-hydroxylation sites is 1. The van der Waals surface area contributed by atoms with E-state index < -0.39 is 0 Å². The Morgan fingerprint density at radius 1 is 1.12 bits per heavy atom. The molecule has 2 aliphatic rings. The molecule has 1 aromatic heterocycles. The predicted molar refractivity (Wildman–Crippen MR) is 98.5 cm³/mol. The number of aromatic nitrogens is 3. The van der Waals surface area contributed by atoms with Crippen LogP contribution in [0.25, 0.3) is 5.69 Å². The van der Waals surface area contributed by atoms with Crippen LogP contribution in [0, 0.1) is 0 Å². The van der Waals surface area contributed by atoms with Gasteiger partial charge in [-0.05, 0) is 37.8 Å². The van der Waals surface area contributed by atoms with Gasteiger partial charge in [0.25, 0.3) is 0 Å². The van der Waals surface area contributed by atoms with E-state index >= 15 is 0 Å². The van der Waals surface area contributed by atoms with Crippen molar-refractivity contribution < 1.29 is 4.79 Å². The number of piperidine rings is 1. The monoisotopic (exact) mass is 355 g/mol. The lowest BCUT2D eigenvalue weighted by Gasteiger charge is -2.33. The van der Waals surface area contributed by atoms with Crippen LogP contribution in [0.5, 0.6) is 0 Å². The summed E-state index contributed by atoms with van der Waals surface area (Å²) in [5.41, 5.74) is 0.563. The van der Waals surface area contributed by atoms with E-state index in [4.69, 9.17) is 0 Å². The maximum absolute atomic E-state index is 12.6. The van der Waals surface area contributed by atoms with Crippen LogP contribution in [-0.2, 0) is 0 Å². The Morgan fingerprint density at radius 3 is 2.65 bits per heavy atom. The summed E-state index contributed by atoms with van der Waals surface area (Å²) in [7, 11) is 0. The third-order valence-corrected chi connectivity index (χ3v) is 5.47. The Labute approximate surface area is 152 Å². The van der Waals surface area contributed by atoms with Gasteiger partial charge in [-0.3, -0.25) is 0 Å². The molecule has 1 aliphatic carbocycles. The number of urea groups is 1. The van der Waals surface area contributed by atoms with Crippen molar-refractivity contribution in [1.82, 2.24) is 25.0 Å². The maximum atomic E-state index is 12.6. The second-order valence-corrected chi connectivity index (χ2v) is 7.27. The third kappa shape index (κ3) is 3.38. The van der Waals surface area contributed by atoms with Crippen molar-refractivity contribution in [2.75, 3.05) is 13.1 Å². The Balaban J connectivity index is 1.52. The minimum absolute atomic E-state index is 0.0192. The van der Waals surface area contributed by atoms with Crippen molar-refractivity contribution in [3.05, 3.63) is 46.6 Å². The van der Waals surface area contributed by atoms with Crippen molar-refractivity contribution >= 4 is 6.03 Å². The first-order valence-corrected chi connectivity index (χ1v) is 9.50. The molecule has 1 unspecified atom stereocenters. The van der Waals surface area contributed by atoms with Crippen LogP contribution < -0.4 is 11.0 Å². The first-order chi connectivity index (χ1) is 12.7. The maximum Gasteiger partial charge on any atom is 0.347 e. The van der Waals surface area contributed by atoms with E-state index in [0.29, 0.717) is 18.4 Å². The van der Waals surface area contributed by atoms with Gasteiger partial charge in [-0.25, -0.2) is 19.3 Å². The fourth-order valence-electron chi connectivity index (χ4n) is 4.12. The lowest BCUT2D eigenvalue weighted by molar-refractivity contribution is 0.174. The summed E-state index contributed by atoms with van der Waals surface area (Å²) >= 11 is 0. The number of amides is 2. The summed E-state index contributed by atoms with van der Waals surface area (Å²) in [5, 5.41) is 10.0. The van der Waals surface area contributed by atoms with Gasteiger partial charge in [-0.15, -0.1) is 0 Å². The van der Waals surface area contributed by atoms with Crippen LogP contribution in [0.4, 0.5) is 4.79 Å².